The van der Waals surface area contributed by atoms with Crippen LogP contribution in [-0.2, 0) is 27.8 Å². The molecular weight excluding hydrogens is 414 g/mol. The molecule has 166 valence electrons. The Hall–Kier alpha value is -2.52. The molecule has 1 atom stereocenters. The van der Waals surface area contributed by atoms with Crippen molar-refractivity contribution < 1.29 is 13.2 Å². The van der Waals surface area contributed by atoms with Gasteiger partial charge in [-0.2, -0.15) is 4.31 Å². The number of benzene rings is 1. The number of likely N-dealkylation sites (tertiary alicyclic amines) is 1. The molecule has 1 aromatic heterocycles. The van der Waals surface area contributed by atoms with Gasteiger partial charge in [0.2, 0.25) is 15.9 Å². The molecular formula is C22H29N5O3S. The average Bonchev–Trinajstić information content (AvgIpc) is 3.25. The van der Waals surface area contributed by atoms with Gasteiger partial charge in [-0.05, 0) is 49.9 Å². The number of nitrogens with one attached hydrogen (secondary N) is 1. The van der Waals surface area contributed by atoms with Gasteiger partial charge in [0.1, 0.15) is 11.6 Å². The van der Waals surface area contributed by atoms with E-state index in [2.05, 4.69) is 5.32 Å². The molecule has 1 amide bonds. The smallest absolute Gasteiger partial charge is 0.243 e. The van der Waals surface area contributed by atoms with Crippen LogP contribution in [0.5, 0.6) is 0 Å². The van der Waals surface area contributed by atoms with Crippen LogP contribution in [0.4, 0.5) is 5.82 Å². The molecule has 1 unspecified atom stereocenters. The Bertz CT molecular complexity index is 1130. The minimum Gasteiger partial charge on any atom is -0.373 e. The Kier molecular flexibility index (Phi) is 5.74. The van der Waals surface area contributed by atoms with Crippen molar-refractivity contribution in [2.45, 2.75) is 51.0 Å². The number of hydrogen-bond donors (Lipinski definition) is 1. The Morgan fingerprint density at radius 3 is 2.58 bits per heavy atom. The second-order valence-electron chi connectivity index (χ2n) is 8.39. The number of carbonyl (C=O) groups is 1. The van der Waals surface area contributed by atoms with E-state index in [1.807, 2.05) is 31.9 Å². The van der Waals surface area contributed by atoms with Crippen LogP contribution in [0.25, 0.3) is 0 Å². The van der Waals surface area contributed by atoms with Gasteiger partial charge in [-0.1, -0.05) is 6.07 Å². The van der Waals surface area contributed by atoms with Crippen LogP contribution in [-0.4, -0.2) is 60.2 Å². The first-order valence-corrected chi connectivity index (χ1v) is 12.0. The molecule has 1 aromatic carbocycles. The number of amides is 1. The zero-order valence-electron chi connectivity index (χ0n) is 18.5. The van der Waals surface area contributed by atoms with Gasteiger partial charge in [0.15, 0.2) is 0 Å². The normalized spacial score (nSPS) is 19.4. The monoisotopic (exact) mass is 443 g/mol. The van der Waals surface area contributed by atoms with Crippen molar-refractivity contribution in [1.82, 2.24) is 19.2 Å². The molecule has 2 aliphatic rings. The second kappa shape index (κ2) is 8.20. The summed E-state index contributed by atoms with van der Waals surface area (Å²) in [6, 6.07) is 5.26. The maximum absolute atomic E-state index is 13.3. The topological polar surface area (TPSA) is 95.5 Å². The molecule has 2 aliphatic heterocycles. The summed E-state index contributed by atoms with van der Waals surface area (Å²) < 4.78 is 28.1. The lowest BCUT2D eigenvalue weighted by Gasteiger charge is -2.29. The van der Waals surface area contributed by atoms with Gasteiger partial charge in [0, 0.05) is 45.1 Å². The Morgan fingerprint density at radius 1 is 1.16 bits per heavy atom. The molecule has 9 heteroatoms. The molecule has 4 rings (SSSR count). The maximum atomic E-state index is 13.3. The number of rotatable bonds is 4. The SMILES string of the molecule is CNc1nc(C2CCN(C(C)=O)C2)nc2c1CCN(S(=O)(=O)c1ccc(C)c(C)c1)C2. The van der Waals surface area contributed by atoms with Crippen LogP contribution < -0.4 is 5.32 Å². The van der Waals surface area contributed by atoms with Crippen LogP contribution >= 0.6 is 0 Å². The van der Waals surface area contributed by atoms with Crippen LogP contribution in [0.15, 0.2) is 23.1 Å². The quantitative estimate of drug-likeness (QED) is 0.779. The fourth-order valence-corrected chi connectivity index (χ4v) is 5.79. The van der Waals surface area contributed by atoms with E-state index in [0.717, 1.165) is 34.6 Å². The number of aryl methyl sites for hydroxylation is 2. The average molecular weight is 444 g/mol. The highest BCUT2D eigenvalue weighted by molar-refractivity contribution is 7.89. The molecule has 1 fully saturated rings. The first kappa shape index (κ1) is 21.7. The van der Waals surface area contributed by atoms with E-state index >= 15 is 0 Å². The minimum absolute atomic E-state index is 0.0555. The molecule has 0 bridgehead atoms. The lowest BCUT2D eigenvalue weighted by atomic mass is 10.0. The third-order valence-corrected chi connectivity index (χ3v) is 8.24. The third kappa shape index (κ3) is 4.04. The van der Waals surface area contributed by atoms with Crippen LogP contribution in [0, 0.1) is 13.8 Å². The van der Waals surface area contributed by atoms with E-state index < -0.39 is 10.0 Å². The van der Waals surface area contributed by atoms with Gasteiger partial charge >= 0.3 is 0 Å². The van der Waals surface area contributed by atoms with Crippen molar-refractivity contribution in [3.63, 3.8) is 0 Å². The van der Waals surface area contributed by atoms with E-state index in [0.29, 0.717) is 36.8 Å². The summed E-state index contributed by atoms with van der Waals surface area (Å²) in [5.41, 5.74) is 3.74. The minimum atomic E-state index is -3.62. The summed E-state index contributed by atoms with van der Waals surface area (Å²) in [6.07, 6.45) is 1.37. The summed E-state index contributed by atoms with van der Waals surface area (Å²) in [6.45, 7) is 7.37. The maximum Gasteiger partial charge on any atom is 0.243 e. The Morgan fingerprint density at radius 2 is 1.94 bits per heavy atom. The van der Waals surface area contributed by atoms with E-state index in [9.17, 15) is 13.2 Å². The van der Waals surface area contributed by atoms with Gasteiger partial charge in [-0.3, -0.25) is 4.79 Å². The largest absolute Gasteiger partial charge is 0.373 e. The number of carbonyl (C=O) groups excluding carboxylic acids is 1. The van der Waals surface area contributed by atoms with Crippen molar-refractivity contribution in [2.24, 2.45) is 0 Å². The lowest BCUT2D eigenvalue weighted by Crippen LogP contribution is -2.37. The van der Waals surface area contributed by atoms with Gasteiger partial charge in [0.05, 0.1) is 17.1 Å². The summed E-state index contributed by atoms with van der Waals surface area (Å²) in [4.78, 5) is 23.3. The molecule has 8 nitrogen and oxygen atoms in total. The molecule has 1 saturated heterocycles. The fraction of sp³-hybridized carbons (Fsp3) is 0.500. The Labute approximate surface area is 183 Å². The van der Waals surface area contributed by atoms with Crippen molar-refractivity contribution in [2.75, 3.05) is 32.0 Å². The third-order valence-electron chi connectivity index (χ3n) is 6.40. The molecule has 2 aromatic rings. The highest BCUT2D eigenvalue weighted by atomic mass is 32.2. The number of sulfonamides is 1. The summed E-state index contributed by atoms with van der Waals surface area (Å²) in [5.74, 6) is 1.55. The second-order valence-corrected chi connectivity index (χ2v) is 10.3. The fourth-order valence-electron chi connectivity index (χ4n) is 4.30. The highest BCUT2D eigenvalue weighted by Crippen LogP contribution is 2.31. The van der Waals surface area contributed by atoms with Crippen molar-refractivity contribution in [3.8, 4) is 0 Å². The summed E-state index contributed by atoms with van der Waals surface area (Å²) in [5, 5.41) is 3.15. The number of fused-ring (bicyclic) bond motifs is 1. The van der Waals surface area contributed by atoms with Gasteiger partial charge in [-0.25, -0.2) is 18.4 Å². The van der Waals surface area contributed by atoms with Crippen LogP contribution in [0.3, 0.4) is 0 Å². The molecule has 31 heavy (non-hydrogen) atoms. The predicted octanol–water partition coefficient (Wildman–Crippen LogP) is 2.22. The molecule has 0 saturated carbocycles. The number of anilines is 1. The molecule has 0 radical (unpaired) electrons. The number of hydrogen-bond acceptors (Lipinski definition) is 6. The first-order chi connectivity index (χ1) is 14.7. The van der Waals surface area contributed by atoms with Gasteiger partial charge in [-0.15, -0.1) is 0 Å². The lowest BCUT2D eigenvalue weighted by molar-refractivity contribution is -0.127. The first-order valence-electron chi connectivity index (χ1n) is 10.6. The van der Waals surface area contributed by atoms with Crippen LogP contribution in [0.2, 0.25) is 0 Å². The zero-order chi connectivity index (χ0) is 22.3. The molecule has 1 N–H and O–H groups in total. The zero-order valence-corrected chi connectivity index (χ0v) is 19.3. The van der Waals surface area contributed by atoms with E-state index in [4.69, 9.17) is 9.97 Å². The number of aromatic nitrogens is 2. The van der Waals surface area contributed by atoms with Crippen molar-refractivity contribution in [3.05, 3.63) is 46.4 Å². The molecule has 0 aliphatic carbocycles. The number of nitrogens with zero attached hydrogens (tertiary/aromatic N) is 4. The van der Waals surface area contributed by atoms with Crippen molar-refractivity contribution >= 4 is 21.7 Å². The summed E-state index contributed by atoms with van der Waals surface area (Å²) in [7, 11) is -1.80. The molecule has 0 spiro atoms. The highest BCUT2D eigenvalue weighted by Gasteiger charge is 2.33. The Balaban J connectivity index is 1.65. The van der Waals surface area contributed by atoms with Crippen LogP contribution in [0.1, 0.15) is 47.5 Å². The van der Waals surface area contributed by atoms with Crippen molar-refractivity contribution in [1.29, 1.82) is 0 Å². The van der Waals surface area contributed by atoms with E-state index in [-0.39, 0.29) is 18.4 Å². The predicted molar refractivity (Wildman–Crippen MR) is 118 cm³/mol. The molecule has 3 heterocycles. The summed E-state index contributed by atoms with van der Waals surface area (Å²) >= 11 is 0. The van der Waals surface area contributed by atoms with E-state index in [1.165, 1.54) is 4.31 Å². The van der Waals surface area contributed by atoms with Gasteiger partial charge < -0.3 is 10.2 Å². The van der Waals surface area contributed by atoms with E-state index in [1.54, 1.807) is 19.1 Å². The van der Waals surface area contributed by atoms with Gasteiger partial charge in [0.25, 0.3) is 0 Å². The standard InChI is InChI=1S/C22H29N5O3S/c1-14-5-6-18(11-15(14)2)31(29,30)27-10-8-19-20(13-27)24-21(25-22(19)23-4)17-7-9-26(12-17)16(3)28/h5-6,11,17H,7-10,12-13H2,1-4H3,(H,23,24,25).